The Kier molecular flexibility index (Phi) is 9.84. The van der Waals surface area contributed by atoms with Crippen LogP contribution in [0.2, 0.25) is 0 Å². The van der Waals surface area contributed by atoms with E-state index in [0.29, 0.717) is 12.2 Å². The van der Waals surface area contributed by atoms with Crippen LogP contribution in [0.15, 0.2) is 176 Å². The van der Waals surface area contributed by atoms with E-state index in [-0.39, 0.29) is 17.7 Å². The number of halogens is 1. The number of fused-ring (bicyclic) bond motifs is 4. The molecule has 0 N–H and O–H groups in total. The lowest BCUT2D eigenvalue weighted by Crippen LogP contribution is -2.26. The van der Waals surface area contributed by atoms with E-state index in [1.807, 2.05) is 36.5 Å². The van der Waals surface area contributed by atoms with E-state index >= 15 is 4.39 Å². The molecule has 0 amide bonds. The summed E-state index contributed by atoms with van der Waals surface area (Å²) in [7, 11) is 0. The lowest BCUT2D eigenvalue weighted by molar-refractivity contribution is 0.483. The van der Waals surface area contributed by atoms with Crippen molar-refractivity contribution in [1.29, 1.82) is 0 Å². The fourth-order valence-electron chi connectivity index (χ4n) is 9.02. The SMILES string of the molecule is CC(C)c1cc(-c2ccccc2F)cc(C(C)C)c1N1CN(c2cc(Cc3ccccc3)cc(Oc3ccc4c5ccccc5n(-c5ccccn5)c4c3)c2)c2ccccc21. The Morgan fingerprint density at radius 1 is 0.574 bits per heavy atom. The monoisotopic (exact) mass is 798 g/mol. The van der Waals surface area contributed by atoms with Gasteiger partial charge in [0.1, 0.15) is 29.8 Å². The van der Waals surface area contributed by atoms with E-state index in [9.17, 15) is 0 Å². The molecule has 2 aromatic heterocycles. The predicted molar refractivity (Wildman–Crippen MR) is 250 cm³/mol. The standard InChI is InChI=1S/C55H47FN4O/c1-36(2)47-31-40(44-18-8-10-20-49(44)56)32-48(37(3)4)55(47)59-35-58(51-22-12-13-23-52(51)59)41-29-39(28-38-16-6-5-7-17-38)30-43(33-41)61-42-25-26-46-45-19-9-11-21-50(45)60(53(46)34-42)54-24-14-15-27-57-54/h5-27,29-34,36-37H,28,35H2,1-4H3. The maximum Gasteiger partial charge on any atom is 0.137 e. The molecule has 0 radical (unpaired) electrons. The summed E-state index contributed by atoms with van der Waals surface area (Å²) in [4.78, 5) is 9.60. The van der Waals surface area contributed by atoms with Crippen LogP contribution in [-0.2, 0) is 6.42 Å². The number of benzene rings is 7. The molecule has 1 aliphatic rings. The minimum atomic E-state index is -0.207. The first-order valence-electron chi connectivity index (χ1n) is 21.2. The van der Waals surface area contributed by atoms with Gasteiger partial charge in [-0.1, -0.05) is 113 Å². The highest BCUT2D eigenvalue weighted by molar-refractivity contribution is 6.09. The molecular formula is C55H47FN4O. The summed E-state index contributed by atoms with van der Waals surface area (Å²) in [6.45, 7) is 9.53. The molecule has 7 aromatic carbocycles. The summed E-state index contributed by atoms with van der Waals surface area (Å²) in [6.07, 6.45) is 2.59. The molecule has 3 heterocycles. The lowest BCUT2D eigenvalue weighted by Gasteiger charge is -2.30. The topological polar surface area (TPSA) is 33.5 Å². The molecule has 0 saturated carbocycles. The van der Waals surface area contributed by atoms with Gasteiger partial charge in [-0.15, -0.1) is 0 Å². The van der Waals surface area contributed by atoms with Gasteiger partial charge in [0.25, 0.3) is 0 Å². The molecule has 0 fully saturated rings. The number of rotatable bonds is 10. The average molecular weight is 799 g/mol. The average Bonchev–Trinajstić information content (AvgIpc) is 3.82. The van der Waals surface area contributed by atoms with Crippen molar-refractivity contribution in [2.75, 3.05) is 16.5 Å². The van der Waals surface area contributed by atoms with Crippen LogP contribution in [0, 0.1) is 5.82 Å². The highest BCUT2D eigenvalue weighted by Gasteiger charge is 2.32. The Labute approximate surface area is 356 Å². The second kappa shape index (κ2) is 15.8. The van der Waals surface area contributed by atoms with Crippen molar-refractivity contribution in [3.8, 4) is 28.4 Å². The Balaban J connectivity index is 1.08. The molecule has 0 aliphatic carbocycles. The molecule has 0 unspecified atom stereocenters. The number of hydrogen-bond acceptors (Lipinski definition) is 4. The van der Waals surface area contributed by atoms with E-state index in [1.54, 1.807) is 12.1 Å². The van der Waals surface area contributed by atoms with E-state index in [0.717, 1.165) is 68.3 Å². The molecule has 10 rings (SSSR count). The van der Waals surface area contributed by atoms with Crippen molar-refractivity contribution in [2.45, 2.75) is 46.0 Å². The molecule has 5 nitrogen and oxygen atoms in total. The molecule has 0 atom stereocenters. The van der Waals surface area contributed by atoms with Crippen LogP contribution >= 0.6 is 0 Å². The van der Waals surface area contributed by atoms with Crippen LogP contribution in [0.5, 0.6) is 11.5 Å². The lowest BCUT2D eigenvalue weighted by atomic mass is 9.87. The summed E-state index contributed by atoms with van der Waals surface area (Å²) < 4.78 is 24.4. The third-order valence-electron chi connectivity index (χ3n) is 11.9. The van der Waals surface area contributed by atoms with E-state index < -0.39 is 0 Å². The van der Waals surface area contributed by atoms with Crippen molar-refractivity contribution in [1.82, 2.24) is 9.55 Å². The number of nitrogens with zero attached hydrogens (tertiary/aromatic N) is 4. The molecule has 300 valence electrons. The Morgan fingerprint density at radius 3 is 1.98 bits per heavy atom. The maximum absolute atomic E-state index is 15.3. The molecule has 0 bridgehead atoms. The summed E-state index contributed by atoms with van der Waals surface area (Å²) >= 11 is 0. The molecule has 0 saturated heterocycles. The van der Waals surface area contributed by atoms with E-state index in [1.165, 1.54) is 27.8 Å². The zero-order valence-electron chi connectivity index (χ0n) is 34.9. The van der Waals surface area contributed by atoms with Crippen LogP contribution in [-0.4, -0.2) is 16.2 Å². The first-order chi connectivity index (χ1) is 29.8. The minimum absolute atomic E-state index is 0.198. The van der Waals surface area contributed by atoms with E-state index in [4.69, 9.17) is 9.72 Å². The van der Waals surface area contributed by atoms with Gasteiger partial charge in [-0.05, 0) is 119 Å². The minimum Gasteiger partial charge on any atom is -0.457 e. The maximum atomic E-state index is 15.3. The van der Waals surface area contributed by atoms with E-state index in [2.05, 4.69) is 169 Å². The van der Waals surface area contributed by atoms with Gasteiger partial charge in [-0.2, -0.15) is 0 Å². The van der Waals surface area contributed by atoms with Gasteiger partial charge in [-0.25, -0.2) is 9.37 Å². The summed E-state index contributed by atoms with van der Waals surface area (Å²) in [5.41, 5.74) is 12.9. The quantitative estimate of drug-likeness (QED) is 0.138. The molecule has 0 spiro atoms. The van der Waals surface area contributed by atoms with Crippen LogP contribution in [0.1, 0.15) is 61.8 Å². The summed E-state index contributed by atoms with van der Waals surface area (Å²) in [6, 6.07) is 58.2. The van der Waals surface area contributed by atoms with Crippen LogP contribution in [0.3, 0.4) is 0 Å². The van der Waals surface area contributed by atoms with Gasteiger partial charge in [0, 0.05) is 46.0 Å². The smallest absolute Gasteiger partial charge is 0.137 e. The molecule has 61 heavy (non-hydrogen) atoms. The highest BCUT2D eigenvalue weighted by atomic mass is 19.1. The predicted octanol–water partition coefficient (Wildman–Crippen LogP) is 14.9. The van der Waals surface area contributed by atoms with Gasteiger partial charge >= 0.3 is 0 Å². The molecule has 6 heteroatoms. The second-order valence-electron chi connectivity index (χ2n) is 16.6. The van der Waals surface area contributed by atoms with Gasteiger partial charge in [0.2, 0.25) is 0 Å². The van der Waals surface area contributed by atoms with Gasteiger partial charge < -0.3 is 14.5 Å². The number of hydrogen-bond donors (Lipinski definition) is 0. The number of ether oxygens (including phenoxy) is 1. The molecule has 9 aromatic rings. The van der Waals surface area contributed by atoms with Crippen molar-refractivity contribution < 1.29 is 9.13 Å². The van der Waals surface area contributed by atoms with Crippen molar-refractivity contribution >= 4 is 44.6 Å². The fraction of sp³-hybridized carbons (Fsp3) is 0.145. The number of aromatic nitrogens is 2. The first-order valence-corrected chi connectivity index (χ1v) is 21.2. The van der Waals surface area contributed by atoms with Crippen LogP contribution in [0.4, 0.5) is 27.1 Å². The zero-order chi connectivity index (χ0) is 41.6. The Morgan fingerprint density at radius 2 is 1.25 bits per heavy atom. The molecular weight excluding hydrogens is 752 g/mol. The van der Waals surface area contributed by atoms with Crippen molar-refractivity contribution in [2.24, 2.45) is 0 Å². The zero-order valence-corrected chi connectivity index (χ0v) is 34.9. The van der Waals surface area contributed by atoms with Crippen molar-refractivity contribution in [3.05, 3.63) is 204 Å². The first kappa shape index (κ1) is 38.0. The van der Waals surface area contributed by atoms with Gasteiger partial charge in [-0.3, -0.25) is 4.57 Å². The van der Waals surface area contributed by atoms with Crippen LogP contribution < -0.4 is 14.5 Å². The largest absolute Gasteiger partial charge is 0.457 e. The van der Waals surface area contributed by atoms with Gasteiger partial charge in [0.05, 0.1) is 22.4 Å². The third-order valence-corrected chi connectivity index (χ3v) is 11.9. The summed E-state index contributed by atoms with van der Waals surface area (Å²) in [5, 5.41) is 2.31. The fourth-order valence-corrected chi connectivity index (χ4v) is 9.02. The van der Waals surface area contributed by atoms with Crippen molar-refractivity contribution in [3.63, 3.8) is 0 Å². The Bertz CT molecular complexity index is 3020. The van der Waals surface area contributed by atoms with Gasteiger partial charge in [0.15, 0.2) is 0 Å². The second-order valence-corrected chi connectivity index (χ2v) is 16.6. The number of anilines is 4. The Hall–Kier alpha value is -7.18. The van der Waals surface area contributed by atoms with Crippen LogP contribution in [0.25, 0.3) is 38.8 Å². The third kappa shape index (κ3) is 7.08. The molecule has 1 aliphatic heterocycles. The number of pyridine rings is 1. The summed E-state index contributed by atoms with van der Waals surface area (Å²) in [5.74, 6) is 2.56. The normalized spacial score (nSPS) is 12.6. The highest BCUT2D eigenvalue weighted by Crippen LogP contribution is 2.50. The number of para-hydroxylation sites is 3.